The number of nitrogens with zero attached hydrogens (tertiary/aromatic N) is 1. The first kappa shape index (κ1) is 17.2. The van der Waals surface area contributed by atoms with E-state index in [4.69, 9.17) is 0 Å². The highest BCUT2D eigenvalue weighted by molar-refractivity contribution is 7.13. The van der Waals surface area contributed by atoms with Crippen LogP contribution in [-0.2, 0) is 6.42 Å². The van der Waals surface area contributed by atoms with Crippen molar-refractivity contribution in [2.75, 3.05) is 0 Å². The zero-order chi connectivity index (χ0) is 15.6. The minimum Gasteiger partial charge on any atom is -0.346 e. The fourth-order valence-electron chi connectivity index (χ4n) is 2.72. The summed E-state index contributed by atoms with van der Waals surface area (Å²) in [5.74, 6) is 0.0107. The summed E-state index contributed by atoms with van der Waals surface area (Å²) in [4.78, 5) is 17.7. The maximum atomic E-state index is 12.4. The lowest BCUT2D eigenvalue weighted by Gasteiger charge is -2.33. The summed E-state index contributed by atoms with van der Waals surface area (Å²) in [6, 6.07) is 0. The molecule has 1 aromatic heterocycles. The van der Waals surface area contributed by atoms with E-state index in [1.165, 1.54) is 11.3 Å². The van der Waals surface area contributed by atoms with Crippen molar-refractivity contribution >= 4 is 17.2 Å². The van der Waals surface area contributed by atoms with Crippen molar-refractivity contribution in [1.29, 1.82) is 0 Å². The average molecular weight is 296 g/mol. The Bertz CT molecular complexity index is 469. The predicted molar refractivity (Wildman–Crippen MR) is 86.5 cm³/mol. The van der Waals surface area contributed by atoms with Gasteiger partial charge in [0, 0.05) is 5.54 Å². The second kappa shape index (κ2) is 6.25. The SMILES string of the molecule is CCCc1nc(C)c(C(=O)NC(C)(C)CC(C)(C)C)s1. The summed E-state index contributed by atoms with van der Waals surface area (Å²) >= 11 is 1.53. The van der Waals surface area contributed by atoms with Crippen LogP contribution in [0.2, 0.25) is 0 Å². The lowest BCUT2D eigenvalue weighted by molar-refractivity contribution is 0.0895. The van der Waals surface area contributed by atoms with Crippen LogP contribution in [0.1, 0.15) is 74.8 Å². The molecule has 0 spiro atoms. The van der Waals surface area contributed by atoms with Crippen molar-refractivity contribution in [3.05, 3.63) is 15.6 Å². The molecule has 0 fully saturated rings. The first-order valence-electron chi connectivity index (χ1n) is 7.33. The van der Waals surface area contributed by atoms with Crippen molar-refractivity contribution in [2.45, 2.75) is 73.3 Å². The maximum Gasteiger partial charge on any atom is 0.263 e. The van der Waals surface area contributed by atoms with E-state index in [2.05, 4.69) is 51.8 Å². The molecular weight excluding hydrogens is 268 g/mol. The van der Waals surface area contributed by atoms with Crippen LogP contribution in [-0.4, -0.2) is 16.4 Å². The van der Waals surface area contributed by atoms with Crippen LogP contribution in [0.25, 0.3) is 0 Å². The minimum absolute atomic E-state index is 0.0107. The van der Waals surface area contributed by atoms with Crippen molar-refractivity contribution in [1.82, 2.24) is 10.3 Å². The van der Waals surface area contributed by atoms with Gasteiger partial charge in [0.15, 0.2) is 0 Å². The summed E-state index contributed by atoms with van der Waals surface area (Å²) in [7, 11) is 0. The van der Waals surface area contributed by atoms with E-state index < -0.39 is 0 Å². The molecular formula is C16H28N2OS. The van der Waals surface area contributed by atoms with Crippen molar-refractivity contribution in [2.24, 2.45) is 5.41 Å². The smallest absolute Gasteiger partial charge is 0.263 e. The summed E-state index contributed by atoms with van der Waals surface area (Å²) < 4.78 is 0. The normalized spacial score (nSPS) is 12.6. The van der Waals surface area contributed by atoms with Gasteiger partial charge in [-0.25, -0.2) is 4.98 Å². The Labute approximate surface area is 127 Å². The van der Waals surface area contributed by atoms with Crippen molar-refractivity contribution in [3.8, 4) is 0 Å². The van der Waals surface area contributed by atoms with E-state index in [-0.39, 0.29) is 16.9 Å². The van der Waals surface area contributed by atoms with Gasteiger partial charge in [-0.2, -0.15) is 0 Å². The third-order valence-corrected chi connectivity index (χ3v) is 4.15. The molecule has 1 aromatic rings. The van der Waals surface area contributed by atoms with E-state index in [1.807, 2.05) is 6.92 Å². The molecule has 20 heavy (non-hydrogen) atoms. The van der Waals surface area contributed by atoms with Crippen LogP contribution in [0.15, 0.2) is 0 Å². The fourth-order valence-corrected chi connectivity index (χ4v) is 3.78. The van der Waals surface area contributed by atoms with Crippen LogP contribution >= 0.6 is 11.3 Å². The van der Waals surface area contributed by atoms with Gasteiger partial charge < -0.3 is 5.32 Å². The molecule has 0 atom stereocenters. The standard InChI is InChI=1S/C16H28N2OS/c1-8-9-12-17-11(2)13(20-12)14(19)18-16(6,7)10-15(3,4)5/h8-10H2,1-7H3,(H,18,19). The van der Waals surface area contributed by atoms with Crippen LogP contribution in [0.5, 0.6) is 0 Å². The van der Waals surface area contributed by atoms with Crippen LogP contribution in [0.3, 0.4) is 0 Å². The molecule has 4 heteroatoms. The van der Waals surface area contributed by atoms with E-state index in [0.29, 0.717) is 0 Å². The van der Waals surface area contributed by atoms with Crippen LogP contribution in [0.4, 0.5) is 0 Å². The van der Waals surface area contributed by atoms with Crippen LogP contribution < -0.4 is 5.32 Å². The number of aryl methyl sites for hydroxylation is 2. The molecule has 0 bridgehead atoms. The lowest BCUT2D eigenvalue weighted by Crippen LogP contribution is -2.45. The van der Waals surface area contributed by atoms with Gasteiger partial charge in [-0.05, 0) is 45.4 Å². The van der Waals surface area contributed by atoms with Gasteiger partial charge in [0.2, 0.25) is 0 Å². The molecule has 1 amide bonds. The molecule has 0 radical (unpaired) electrons. The number of nitrogens with one attached hydrogen (secondary N) is 1. The molecule has 114 valence electrons. The Morgan fingerprint density at radius 3 is 2.35 bits per heavy atom. The summed E-state index contributed by atoms with van der Waals surface area (Å²) in [6.45, 7) is 14.8. The van der Waals surface area contributed by atoms with Gasteiger partial charge >= 0.3 is 0 Å². The molecule has 0 aliphatic heterocycles. The summed E-state index contributed by atoms with van der Waals surface area (Å²) in [6.07, 6.45) is 2.94. The molecule has 1 N–H and O–H groups in total. The second-order valence-electron chi connectivity index (χ2n) is 7.35. The van der Waals surface area contributed by atoms with E-state index in [9.17, 15) is 4.79 Å². The third-order valence-electron chi connectivity index (χ3n) is 2.94. The van der Waals surface area contributed by atoms with Crippen molar-refractivity contribution in [3.63, 3.8) is 0 Å². The quantitative estimate of drug-likeness (QED) is 0.877. The molecule has 1 rings (SSSR count). The van der Waals surface area contributed by atoms with E-state index >= 15 is 0 Å². The minimum atomic E-state index is -0.212. The molecule has 3 nitrogen and oxygen atoms in total. The molecule has 0 aliphatic rings. The largest absolute Gasteiger partial charge is 0.346 e. The van der Waals surface area contributed by atoms with Gasteiger partial charge in [0.1, 0.15) is 4.88 Å². The number of amides is 1. The third kappa shape index (κ3) is 5.23. The Hall–Kier alpha value is -0.900. The average Bonchev–Trinajstić information content (AvgIpc) is 2.55. The number of thiazole rings is 1. The van der Waals surface area contributed by atoms with Gasteiger partial charge in [-0.1, -0.05) is 27.7 Å². The van der Waals surface area contributed by atoms with E-state index in [1.54, 1.807) is 0 Å². The zero-order valence-electron chi connectivity index (χ0n) is 13.9. The second-order valence-corrected chi connectivity index (χ2v) is 8.43. The van der Waals surface area contributed by atoms with Gasteiger partial charge in [0.25, 0.3) is 5.91 Å². The molecule has 0 unspecified atom stereocenters. The number of carbonyl (C=O) groups is 1. The molecule has 0 aliphatic carbocycles. The fraction of sp³-hybridized carbons (Fsp3) is 0.750. The van der Waals surface area contributed by atoms with E-state index in [0.717, 1.165) is 34.8 Å². The lowest BCUT2D eigenvalue weighted by atomic mass is 9.82. The van der Waals surface area contributed by atoms with Crippen LogP contribution in [0, 0.1) is 12.3 Å². The number of rotatable bonds is 5. The monoisotopic (exact) mass is 296 g/mol. The Balaban J connectivity index is 2.80. The molecule has 0 saturated heterocycles. The predicted octanol–water partition coefficient (Wildman–Crippen LogP) is 4.35. The highest BCUT2D eigenvalue weighted by atomic mass is 32.1. The number of hydrogen-bond donors (Lipinski definition) is 1. The zero-order valence-corrected chi connectivity index (χ0v) is 14.7. The van der Waals surface area contributed by atoms with Gasteiger partial charge in [-0.3, -0.25) is 4.79 Å². The Kier molecular flexibility index (Phi) is 5.36. The first-order valence-corrected chi connectivity index (χ1v) is 8.14. The molecule has 1 heterocycles. The number of carbonyl (C=O) groups excluding carboxylic acids is 1. The topological polar surface area (TPSA) is 42.0 Å². The molecule has 0 saturated carbocycles. The molecule has 0 aromatic carbocycles. The Morgan fingerprint density at radius 1 is 1.25 bits per heavy atom. The summed E-state index contributed by atoms with van der Waals surface area (Å²) in [5.41, 5.74) is 0.825. The Morgan fingerprint density at radius 2 is 1.85 bits per heavy atom. The first-order chi connectivity index (χ1) is 9.04. The van der Waals surface area contributed by atoms with Gasteiger partial charge in [0.05, 0.1) is 10.7 Å². The maximum absolute atomic E-state index is 12.4. The summed E-state index contributed by atoms with van der Waals surface area (Å²) in [5, 5.41) is 4.22. The number of hydrogen-bond acceptors (Lipinski definition) is 3. The number of aromatic nitrogens is 1. The highest BCUT2D eigenvalue weighted by Crippen LogP contribution is 2.28. The van der Waals surface area contributed by atoms with Gasteiger partial charge in [-0.15, -0.1) is 11.3 Å². The van der Waals surface area contributed by atoms with Crippen molar-refractivity contribution < 1.29 is 4.79 Å². The highest BCUT2D eigenvalue weighted by Gasteiger charge is 2.28.